The topological polar surface area (TPSA) is 58.3 Å². The summed E-state index contributed by atoms with van der Waals surface area (Å²) in [6.07, 6.45) is 12.6. The minimum Gasteiger partial charge on any atom is -0.389 e. The lowest BCUT2D eigenvalue weighted by molar-refractivity contribution is -0.0311. The molecule has 1 aliphatic rings. The molecule has 0 aliphatic carbocycles. The molecule has 0 amide bonds. The molecule has 1 heterocycles. The lowest BCUT2D eigenvalue weighted by Gasteiger charge is -2.37. The van der Waals surface area contributed by atoms with Crippen LogP contribution in [0.15, 0.2) is 36.5 Å². The number of allylic oxidation sites excluding steroid dienone is 3. The number of hydrogen-bond acceptors (Lipinski definition) is 3. The molecule has 1 fully saturated rings. The van der Waals surface area contributed by atoms with Crippen molar-refractivity contribution >= 4 is 0 Å². The van der Waals surface area contributed by atoms with Crippen LogP contribution in [-0.2, 0) is 0 Å². The quantitative estimate of drug-likeness (QED) is 0.470. The number of piperidine rings is 1. The molecule has 1 unspecified atom stereocenters. The number of aliphatic hydroxyl groups is 1. The van der Waals surface area contributed by atoms with E-state index in [2.05, 4.69) is 31.0 Å². The molecule has 4 N–H and O–H groups in total. The standard InChI is InChI=1S/C13H26N2O.C6H10.C2H6/c1-2-13(16,8-4-3-5-9-14)12-6-10-15-11-7-12;1-4-5-6(2)3;1-2/h3-4,12,15-16H,2,5-11,14H2,1H3;4-5H,1H2,2-3H3;1-2H3/b4-3-;;. The van der Waals surface area contributed by atoms with Gasteiger partial charge in [0.05, 0.1) is 5.60 Å². The van der Waals surface area contributed by atoms with E-state index in [9.17, 15) is 5.11 Å². The first-order valence-corrected chi connectivity index (χ1v) is 9.54. The van der Waals surface area contributed by atoms with Gasteiger partial charge in [0.15, 0.2) is 0 Å². The normalized spacial score (nSPS) is 17.0. The Morgan fingerprint density at radius 2 is 1.83 bits per heavy atom. The first kappa shape index (κ1) is 25.3. The van der Waals surface area contributed by atoms with E-state index in [4.69, 9.17) is 5.73 Å². The molecule has 0 radical (unpaired) electrons. The molecule has 0 aromatic rings. The van der Waals surface area contributed by atoms with Crippen molar-refractivity contribution in [1.29, 1.82) is 0 Å². The molecule has 0 aromatic heterocycles. The van der Waals surface area contributed by atoms with E-state index < -0.39 is 5.60 Å². The number of hydrogen-bond donors (Lipinski definition) is 3. The SMILES string of the molecule is C=CC=C(C)C.CC.CCC(O)(C/C=C\CCN)C1CCNCC1. The van der Waals surface area contributed by atoms with Crippen molar-refractivity contribution in [3.05, 3.63) is 36.5 Å². The van der Waals surface area contributed by atoms with E-state index >= 15 is 0 Å². The molecule has 1 aliphatic heterocycles. The van der Waals surface area contributed by atoms with Gasteiger partial charge in [0.25, 0.3) is 0 Å². The Kier molecular flexibility index (Phi) is 17.9. The third kappa shape index (κ3) is 12.5. The van der Waals surface area contributed by atoms with Gasteiger partial charge in [0.1, 0.15) is 0 Å². The third-order valence-electron chi connectivity index (χ3n) is 4.13. The van der Waals surface area contributed by atoms with Gasteiger partial charge < -0.3 is 16.2 Å². The Hall–Kier alpha value is -0.900. The van der Waals surface area contributed by atoms with Gasteiger partial charge in [-0.2, -0.15) is 0 Å². The Balaban J connectivity index is 0. The smallest absolute Gasteiger partial charge is 0.0708 e. The highest BCUT2D eigenvalue weighted by atomic mass is 16.3. The van der Waals surface area contributed by atoms with Crippen LogP contribution in [0.2, 0.25) is 0 Å². The fourth-order valence-electron chi connectivity index (χ4n) is 2.70. The zero-order valence-electron chi connectivity index (χ0n) is 16.8. The van der Waals surface area contributed by atoms with E-state index in [0.717, 1.165) is 45.2 Å². The van der Waals surface area contributed by atoms with Crippen LogP contribution in [0.3, 0.4) is 0 Å². The summed E-state index contributed by atoms with van der Waals surface area (Å²) in [7, 11) is 0. The lowest BCUT2D eigenvalue weighted by Crippen LogP contribution is -2.43. The highest BCUT2D eigenvalue weighted by molar-refractivity contribution is 5.04. The zero-order chi connectivity index (χ0) is 18.8. The number of nitrogens with one attached hydrogen (secondary N) is 1. The maximum atomic E-state index is 10.6. The van der Waals surface area contributed by atoms with Gasteiger partial charge in [0, 0.05) is 0 Å². The maximum absolute atomic E-state index is 10.6. The Bertz CT molecular complexity index is 340. The molecule has 24 heavy (non-hydrogen) atoms. The summed E-state index contributed by atoms with van der Waals surface area (Å²) in [5, 5.41) is 14.0. The third-order valence-corrected chi connectivity index (χ3v) is 4.13. The number of nitrogens with two attached hydrogens (primary N) is 1. The van der Waals surface area contributed by atoms with E-state index in [1.54, 1.807) is 6.08 Å². The highest BCUT2D eigenvalue weighted by Gasteiger charge is 2.34. The summed E-state index contributed by atoms with van der Waals surface area (Å²) >= 11 is 0. The van der Waals surface area contributed by atoms with Crippen LogP contribution in [0.4, 0.5) is 0 Å². The Morgan fingerprint density at radius 1 is 1.25 bits per heavy atom. The molecule has 1 rings (SSSR count). The summed E-state index contributed by atoms with van der Waals surface area (Å²) in [4.78, 5) is 0. The van der Waals surface area contributed by atoms with Crippen LogP contribution >= 0.6 is 0 Å². The molecule has 3 heteroatoms. The van der Waals surface area contributed by atoms with Crippen LogP contribution < -0.4 is 11.1 Å². The minimum absolute atomic E-state index is 0.446. The van der Waals surface area contributed by atoms with Gasteiger partial charge in [-0.25, -0.2) is 0 Å². The van der Waals surface area contributed by atoms with Gasteiger partial charge >= 0.3 is 0 Å². The van der Waals surface area contributed by atoms with Gasteiger partial charge in [-0.1, -0.05) is 57.2 Å². The van der Waals surface area contributed by atoms with Crippen molar-refractivity contribution in [2.75, 3.05) is 19.6 Å². The van der Waals surface area contributed by atoms with Gasteiger partial charge in [-0.15, -0.1) is 0 Å². The van der Waals surface area contributed by atoms with Crippen molar-refractivity contribution in [3.8, 4) is 0 Å². The predicted molar refractivity (Wildman–Crippen MR) is 109 cm³/mol. The summed E-state index contributed by atoms with van der Waals surface area (Å²) < 4.78 is 0. The van der Waals surface area contributed by atoms with Crippen LogP contribution in [-0.4, -0.2) is 30.3 Å². The summed E-state index contributed by atoms with van der Waals surface area (Å²) in [6.45, 7) is 16.5. The van der Waals surface area contributed by atoms with Crippen molar-refractivity contribution in [3.63, 3.8) is 0 Å². The monoisotopic (exact) mass is 338 g/mol. The van der Waals surface area contributed by atoms with Crippen LogP contribution in [0.5, 0.6) is 0 Å². The van der Waals surface area contributed by atoms with Gasteiger partial charge in [-0.05, 0) is 71.5 Å². The van der Waals surface area contributed by atoms with Crippen LogP contribution in [0.1, 0.15) is 66.7 Å². The summed E-state index contributed by atoms with van der Waals surface area (Å²) in [5.41, 5.74) is 6.22. The van der Waals surface area contributed by atoms with E-state index in [0.29, 0.717) is 12.5 Å². The second-order valence-corrected chi connectivity index (χ2v) is 6.21. The Morgan fingerprint density at radius 3 is 2.21 bits per heavy atom. The van der Waals surface area contributed by atoms with Crippen molar-refractivity contribution in [1.82, 2.24) is 5.32 Å². The van der Waals surface area contributed by atoms with E-state index in [-0.39, 0.29) is 0 Å². The molecule has 1 saturated heterocycles. The van der Waals surface area contributed by atoms with Crippen molar-refractivity contribution in [2.24, 2.45) is 11.7 Å². The summed E-state index contributed by atoms with van der Waals surface area (Å²) in [6, 6.07) is 0. The molecule has 3 nitrogen and oxygen atoms in total. The van der Waals surface area contributed by atoms with Crippen molar-refractivity contribution < 1.29 is 5.11 Å². The fourth-order valence-corrected chi connectivity index (χ4v) is 2.70. The number of rotatable bonds is 7. The largest absolute Gasteiger partial charge is 0.389 e. The minimum atomic E-state index is -0.507. The highest BCUT2D eigenvalue weighted by Crippen LogP contribution is 2.32. The zero-order valence-corrected chi connectivity index (χ0v) is 16.8. The van der Waals surface area contributed by atoms with Crippen LogP contribution in [0, 0.1) is 5.92 Å². The maximum Gasteiger partial charge on any atom is 0.0708 e. The molecular formula is C21H42N2O. The van der Waals surface area contributed by atoms with Gasteiger partial charge in [-0.3, -0.25) is 0 Å². The van der Waals surface area contributed by atoms with E-state index in [1.165, 1.54) is 5.57 Å². The first-order valence-electron chi connectivity index (χ1n) is 9.54. The summed E-state index contributed by atoms with van der Waals surface area (Å²) in [5.74, 6) is 0.446. The first-order chi connectivity index (χ1) is 11.5. The van der Waals surface area contributed by atoms with E-state index in [1.807, 2.05) is 33.8 Å². The molecule has 1 atom stereocenters. The van der Waals surface area contributed by atoms with Gasteiger partial charge in [0.2, 0.25) is 0 Å². The lowest BCUT2D eigenvalue weighted by atomic mass is 9.77. The predicted octanol–water partition coefficient (Wildman–Crippen LogP) is 4.59. The molecule has 0 aromatic carbocycles. The average molecular weight is 339 g/mol. The second-order valence-electron chi connectivity index (χ2n) is 6.21. The van der Waals surface area contributed by atoms with Crippen molar-refractivity contribution in [2.45, 2.75) is 72.3 Å². The molecule has 0 saturated carbocycles. The fraction of sp³-hybridized carbons (Fsp3) is 0.714. The second kappa shape index (κ2) is 16.9. The molecule has 0 spiro atoms. The molecular weight excluding hydrogens is 296 g/mol. The molecule has 142 valence electrons. The molecule has 0 bridgehead atoms. The average Bonchev–Trinajstić information content (AvgIpc) is 2.61. The Labute approximate surface area is 151 Å². The van der Waals surface area contributed by atoms with Crippen LogP contribution in [0.25, 0.3) is 0 Å².